The van der Waals surface area contributed by atoms with Crippen LogP contribution in [0.25, 0.3) is 0 Å². The molecule has 2 rings (SSSR count). The van der Waals surface area contributed by atoms with Crippen molar-refractivity contribution in [2.24, 2.45) is 0 Å². The van der Waals surface area contributed by atoms with Crippen molar-refractivity contribution in [2.45, 2.75) is 13.0 Å². The molecule has 108 valence electrons. The van der Waals surface area contributed by atoms with Gasteiger partial charge >= 0.3 is 12.0 Å². The van der Waals surface area contributed by atoms with Crippen molar-refractivity contribution in [3.8, 4) is 0 Å². The molecule has 6 nitrogen and oxygen atoms in total. The van der Waals surface area contributed by atoms with Crippen molar-refractivity contribution in [1.29, 1.82) is 0 Å². The summed E-state index contributed by atoms with van der Waals surface area (Å²) in [6.07, 6.45) is -1.38. The molecule has 0 radical (unpaired) electrons. The van der Waals surface area contributed by atoms with Gasteiger partial charge in [0.2, 0.25) is 0 Å². The van der Waals surface area contributed by atoms with Crippen LogP contribution in [0.1, 0.15) is 18.6 Å². The number of esters is 1. The van der Waals surface area contributed by atoms with Gasteiger partial charge < -0.3 is 14.7 Å². The second-order valence-corrected chi connectivity index (χ2v) is 4.57. The molecule has 0 saturated carbocycles. The fraction of sp³-hybridized carbons (Fsp3) is 0.429. The highest BCUT2D eigenvalue weighted by Gasteiger charge is 2.31. The van der Waals surface area contributed by atoms with E-state index in [1.165, 1.54) is 0 Å². The lowest BCUT2D eigenvalue weighted by Crippen LogP contribution is -2.30. The summed E-state index contributed by atoms with van der Waals surface area (Å²) < 4.78 is 4.82. The van der Waals surface area contributed by atoms with Crippen LogP contribution in [0.4, 0.5) is 10.5 Å². The van der Waals surface area contributed by atoms with Crippen molar-refractivity contribution >= 4 is 17.7 Å². The summed E-state index contributed by atoms with van der Waals surface area (Å²) in [6.45, 7) is 3.02. The quantitative estimate of drug-likeness (QED) is 0.839. The van der Waals surface area contributed by atoms with Crippen LogP contribution in [0, 0.1) is 0 Å². The average Bonchev–Trinajstić information content (AvgIpc) is 2.78. The van der Waals surface area contributed by atoms with Gasteiger partial charge in [0, 0.05) is 25.7 Å². The first kappa shape index (κ1) is 14.3. The standard InChI is InChI=1S/C14H18N2O4/c1-3-20-13(18)12(17)10-6-4-5-7-11(10)16-9-8-15(2)14(16)19/h4-7,12,17H,3,8-9H2,1-2H3. The lowest BCUT2D eigenvalue weighted by atomic mass is 10.1. The fourth-order valence-corrected chi connectivity index (χ4v) is 2.18. The zero-order chi connectivity index (χ0) is 14.7. The van der Waals surface area contributed by atoms with Crippen molar-refractivity contribution in [3.05, 3.63) is 29.8 Å². The second-order valence-electron chi connectivity index (χ2n) is 4.57. The number of ether oxygens (including phenoxy) is 1. The number of anilines is 1. The van der Waals surface area contributed by atoms with Gasteiger partial charge in [0.05, 0.1) is 12.3 Å². The topological polar surface area (TPSA) is 70.1 Å². The number of likely N-dealkylation sites (N-methyl/N-ethyl adjacent to an activating group) is 1. The minimum atomic E-state index is -1.38. The average molecular weight is 278 g/mol. The summed E-state index contributed by atoms with van der Waals surface area (Å²) in [6, 6.07) is 6.68. The van der Waals surface area contributed by atoms with Gasteiger partial charge in [0.15, 0.2) is 6.10 Å². The molecule has 1 aliphatic rings. The first-order valence-corrected chi connectivity index (χ1v) is 6.52. The lowest BCUT2D eigenvalue weighted by molar-refractivity contribution is -0.153. The minimum absolute atomic E-state index is 0.145. The fourth-order valence-electron chi connectivity index (χ4n) is 2.18. The maximum Gasteiger partial charge on any atom is 0.339 e. The number of hydrogen-bond donors (Lipinski definition) is 1. The van der Waals surface area contributed by atoms with Crippen LogP contribution in [-0.2, 0) is 9.53 Å². The molecule has 0 spiro atoms. The van der Waals surface area contributed by atoms with E-state index in [0.717, 1.165) is 0 Å². The van der Waals surface area contributed by atoms with Crippen molar-refractivity contribution in [2.75, 3.05) is 31.6 Å². The third-order valence-corrected chi connectivity index (χ3v) is 3.25. The van der Waals surface area contributed by atoms with Gasteiger partial charge in [0.25, 0.3) is 0 Å². The Morgan fingerprint density at radius 3 is 2.70 bits per heavy atom. The Morgan fingerprint density at radius 2 is 2.10 bits per heavy atom. The molecule has 1 unspecified atom stereocenters. The normalized spacial score (nSPS) is 16.4. The predicted molar refractivity (Wildman–Crippen MR) is 73.4 cm³/mol. The van der Waals surface area contributed by atoms with E-state index in [9.17, 15) is 14.7 Å². The maximum atomic E-state index is 12.0. The van der Waals surface area contributed by atoms with Crippen LogP contribution < -0.4 is 4.90 Å². The molecule has 0 bridgehead atoms. The number of carbonyl (C=O) groups excluding carboxylic acids is 2. The molecular formula is C14H18N2O4. The summed E-state index contributed by atoms with van der Waals surface area (Å²) in [5.74, 6) is -0.708. The van der Waals surface area contributed by atoms with Gasteiger partial charge in [0.1, 0.15) is 0 Å². The van der Waals surface area contributed by atoms with E-state index in [4.69, 9.17) is 4.74 Å². The molecule has 1 saturated heterocycles. The molecule has 1 N–H and O–H groups in total. The Morgan fingerprint density at radius 1 is 1.40 bits per heavy atom. The Bertz CT molecular complexity index is 518. The molecule has 20 heavy (non-hydrogen) atoms. The highest BCUT2D eigenvalue weighted by atomic mass is 16.5. The molecule has 1 fully saturated rings. The number of aliphatic hydroxyl groups is 1. The molecule has 1 heterocycles. The van der Waals surface area contributed by atoms with Gasteiger partial charge in [-0.2, -0.15) is 0 Å². The van der Waals surface area contributed by atoms with Crippen LogP contribution in [0.2, 0.25) is 0 Å². The maximum absolute atomic E-state index is 12.0. The van der Waals surface area contributed by atoms with Crippen LogP contribution in [0.15, 0.2) is 24.3 Å². The molecular weight excluding hydrogens is 260 g/mol. The Labute approximate surface area is 117 Å². The Hall–Kier alpha value is -2.08. The molecule has 1 atom stereocenters. The van der Waals surface area contributed by atoms with Crippen LogP contribution in [0.3, 0.4) is 0 Å². The van der Waals surface area contributed by atoms with Crippen LogP contribution in [0.5, 0.6) is 0 Å². The first-order valence-electron chi connectivity index (χ1n) is 6.52. The second kappa shape index (κ2) is 5.92. The smallest absolute Gasteiger partial charge is 0.339 e. The largest absolute Gasteiger partial charge is 0.464 e. The Kier molecular flexibility index (Phi) is 4.24. The van der Waals surface area contributed by atoms with Crippen molar-refractivity contribution < 1.29 is 19.4 Å². The number of para-hydroxylation sites is 1. The zero-order valence-electron chi connectivity index (χ0n) is 11.6. The number of aliphatic hydroxyl groups excluding tert-OH is 1. The van der Waals surface area contributed by atoms with Crippen molar-refractivity contribution in [3.63, 3.8) is 0 Å². The molecule has 0 aromatic heterocycles. The van der Waals surface area contributed by atoms with E-state index in [1.807, 2.05) is 0 Å². The minimum Gasteiger partial charge on any atom is -0.464 e. The number of benzene rings is 1. The third kappa shape index (κ3) is 2.60. The van der Waals surface area contributed by atoms with Gasteiger partial charge in [-0.25, -0.2) is 9.59 Å². The van der Waals surface area contributed by atoms with Gasteiger partial charge in [-0.05, 0) is 13.0 Å². The monoisotopic (exact) mass is 278 g/mol. The first-order chi connectivity index (χ1) is 9.56. The molecule has 1 aromatic carbocycles. The molecule has 1 aromatic rings. The number of hydrogen-bond acceptors (Lipinski definition) is 4. The highest BCUT2D eigenvalue weighted by molar-refractivity contribution is 5.95. The van der Waals surface area contributed by atoms with Crippen molar-refractivity contribution in [1.82, 2.24) is 4.90 Å². The predicted octanol–water partition coefficient (Wildman–Crippen LogP) is 1.15. The number of carbonyl (C=O) groups is 2. The van der Waals surface area contributed by atoms with E-state index in [-0.39, 0.29) is 12.6 Å². The van der Waals surface area contributed by atoms with E-state index >= 15 is 0 Å². The third-order valence-electron chi connectivity index (χ3n) is 3.25. The number of amides is 2. The summed E-state index contributed by atoms with van der Waals surface area (Å²) >= 11 is 0. The lowest BCUT2D eigenvalue weighted by Gasteiger charge is -2.21. The van der Waals surface area contributed by atoms with Gasteiger partial charge in [-0.3, -0.25) is 4.90 Å². The summed E-state index contributed by atoms with van der Waals surface area (Å²) in [5, 5.41) is 10.1. The van der Waals surface area contributed by atoms with E-state index in [1.54, 1.807) is 48.0 Å². The highest BCUT2D eigenvalue weighted by Crippen LogP contribution is 2.29. The molecule has 1 aliphatic heterocycles. The van der Waals surface area contributed by atoms with Crippen LogP contribution in [-0.4, -0.2) is 48.8 Å². The summed E-state index contributed by atoms with van der Waals surface area (Å²) in [7, 11) is 1.72. The van der Waals surface area contributed by atoms with E-state index in [0.29, 0.717) is 24.3 Å². The number of rotatable bonds is 4. The van der Waals surface area contributed by atoms with Gasteiger partial charge in [-0.15, -0.1) is 0 Å². The SMILES string of the molecule is CCOC(=O)C(O)c1ccccc1N1CCN(C)C1=O. The molecule has 2 amide bonds. The number of nitrogens with zero attached hydrogens (tertiary/aromatic N) is 2. The van der Waals surface area contributed by atoms with E-state index in [2.05, 4.69) is 0 Å². The molecule has 0 aliphatic carbocycles. The van der Waals surface area contributed by atoms with Gasteiger partial charge in [-0.1, -0.05) is 18.2 Å². The summed E-state index contributed by atoms with van der Waals surface area (Å²) in [5.41, 5.74) is 0.928. The molecule has 6 heteroatoms. The van der Waals surface area contributed by atoms with Crippen LogP contribution >= 0.6 is 0 Å². The number of urea groups is 1. The Balaban J connectivity index is 2.31. The zero-order valence-corrected chi connectivity index (χ0v) is 11.6. The van der Waals surface area contributed by atoms with E-state index < -0.39 is 12.1 Å². The summed E-state index contributed by atoms with van der Waals surface area (Å²) in [4.78, 5) is 26.8.